The summed E-state index contributed by atoms with van der Waals surface area (Å²) in [5, 5.41) is 4.76. The van der Waals surface area contributed by atoms with Crippen molar-refractivity contribution in [1.29, 1.82) is 0 Å². The quantitative estimate of drug-likeness (QED) is 0.687. The largest absolute Gasteiger partial charge is 0.330 e. The molecule has 10 heteroatoms. The highest BCUT2D eigenvalue weighted by molar-refractivity contribution is 7.89. The highest BCUT2D eigenvalue weighted by Gasteiger charge is 2.34. The van der Waals surface area contributed by atoms with Gasteiger partial charge in [-0.3, -0.25) is 9.59 Å². The predicted octanol–water partition coefficient (Wildman–Crippen LogP) is 1.86. The minimum Gasteiger partial charge on any atom is -0.330 e. The van der Waals surface area contributed by atoms with Gasteiger partial charge in [0.1, 0.15) is 6.04 Å². The van der Waals surface area contributed by atoms with E-state index < -0.39 is 16.1 Å². The van der Waals surface area contributed by atoms with Gasteiger partial charge < -0.3 is 15.1 Å². The lowest BCUT2D eigenvalue weighted by Gasteiger charge is -2.31. The van der Waals surface area contributed by atoms with Crippen molar-refractivity contribution in [2.24, 2.45) is 0 Å². The van der Waals surface area contributed by atoms with E-state index in [-0.39, 0.29) is 16.7 Å². The fraction of sp³-hybridized carbons (Fsp3) is 0.455. The first-order valence-corrected chi connectivity index (χ1v) is 13.1. The molecule has 1 aromatic heterocycles. The molecule has 2 amide bonds. The van der Waals surface area contributed by atoms with Gasteiger partial charge in [-0.15, -0.1) is 11.3 Å². The number of piperazine rings is 1. The molecule has 2 aliphatic rings. The lowest BCUT2D eigenvalue weighted by atomic mass is 10.2. The van der Waals surface area contributed by atoms with Crippen LogP contribution in [0, 0.1) is 0 Å². The molecular formula is C22H28N4O4S2. The number of amides is 2. The zero-order chi connectivity index (χ0) is 22.7. The summed E-state index contributed by atoms with van der Waals surface area (Å²) in [6, 6.07) is 9.64. The number of carbonyl (C=O) groups is 2. The van der Waals surface area contributed by atoms with Gasteiger partial charge in [-0.05, 0) is 49.5 Å². The maximum absolute atomic E-state index is 13.0. The van der Waals surface area contributed by atoms with Crippen molar-refractivity contribution in [2.45, 2.75) is 30.2 Å². The number of nitrogens with one attached hydrogen (secondary N) is 1. The zero-order valence-electron chi connectivity index (χ0n) is 18.1. The minimum atomic E-state index is -3.62. The second-order valence-electron chi connectivity index (χ2n) is 8.23. The van der Waals surface area contributed by atoms with Gasteiger partial charge in [-0.1, -0.05) is 12.1 Å². The van der Waals surface area contributed by atoms with E-state index >= 15 is 0 Å². The summed E-state index contributed by atoms with van der Waals surface area (Å²) in [7, 11) is -1.65. The zero-order valence-corrected chi connectivity index (χ0v) is 19.7. The van der Waals surface area contributed by atoms with Crippen molar-refractivity contribution in [3.63, 3.8) is 0 Å². The summed E-state index contributed by atoms with van der Waals surface area (Å²) in [6.45, 7) is 2.82. The molecule has 1 aromatic carbocycles. The fourth-order valence-electron chi connectivity index (χ4n) is 4.14. The van der Waals surface area contributed by atoms with Crippen LogP contribution in [-0.4, -0.2) is 80.2 Å². The first-order chi connectivity index (χ1) is 15.3. The van der Waals surface area contributed by atoms with Crippen molar-refractivity contribution in [2.75, 3.05) is 45.1 Å². The Balaban J connectivity index is 1.43. The van der Waals surface area contributed by atoms with E-state index in [0.717, 1.165) is 11.3 Å². The molecule has 3 heterocycles. The molecule has 1 N–H and O–H groups in total. The van der Waals surface area contributed by atoms with Gasteiger partial charge in [0.25, 0.3) is 0 Å². The van der Waals surface area contributed by atoms with Gasteiger partial charge in [-0.2, -0.15) is 4.31 Å². The molecule has 0 aliphatic carbocycles. The van der Waals surface area contributed by atoms with E-state index in [1.807, 2.05) is 24.6 Å². The summed E-state index contributed by atoms with van der Waals surface area (Å²) in [6.07, 6.45) is 1.66. The number of benzene rings is 1. The Bertz CT molecular complexity index is 1060. The maximum atomic E-state index is 13.0. The van der Waals surface area contributed by atoms with Gasteiger partial charge in [0.15, 0.2) is 0 Å². The summed E-state index contributed by atoms with van der Waals surface area (Å²) in [4.78, 5) is 30.6. The number of carbonyl (C=O) groups excluding carboxylic acids is 2. The summed E-state index contributed by atoms with van der Waals surface area (Å²) >= 11 is 1.53. The Hall–Kier alpha value is -2.27. The van der Waals surface area contributed by atoms with Crippen LogP contribution in [0.4, 0.5) is 5.69 Å². The number of likely N-dealkylation sites (N-methyl/N-ethyl adjacent to an activating group) is 1. The van der Waals surface area contributed by atoms with Crippen molar-refractivity contribution in [3.8, 4) is 0 Å². The van der Waals surface area contributed by atoms with Gasteiger partial charge >= 0.3 is 0 Å². The van der Waals surface area contributed by atoms with Crippen LogP contribution in [0.1, 0.15) is 17.7 Å². The highest BCUT2D eigenvalue weighted by Crippen LogP contribution is 2.24. The molecule has 1 unspecified atom stereocenters. The third-order valence-corrected chi connectivity index (χ3v) is 8.75. The van der Waals surface area contributed by atoms with Crippen LogP contribution in [0.5, 0.6) is 0 Å². The van der Waals surface area contributed by atoms with Crippen molar-refractivity contribution in [1.82, 2.24) is 14.1 Å². The highest BCUT2D eigenvalue weighted by atomic mass is 32.2. The molecule has 4 rings (SSSR count). The van der Waals surface area contributed by atoms with Crippen LogP contribution < -0.4 is 5.32 Å². The third kappa shape index (κ3) is 5.03. The molecule has 2 saturated heterocycles. The standard InChI is InChI=1S/C22H28N4O4S2/c1-24-10-12-25(13-11-24)32(29,30)19-7-2-5-17(15-19)23-22(28)20-8-3-9-26(20)21(27)16-18-6-4-14-31-18/h2,4-7,14-15,20H,3,8-13,16H2,1H3,(H,23,28). The SMILES string of the molecule is CN1CCN(S(=O)(=O)c2cccc(NC(=O)C3CCCN3C(=O)Cc3cccs3)c2)CC1. The number of hydrogen-bond donors (Lipinski definition) is 1. The molecule has 0 bridgehead atoms. The first kappa shape index (κ1) is 22.9. The van der Waals surface area contributed by atoms with Crippen LogP contribution in [0.2, 0.25) is 0 Å². The van der Waals surface area contributed by atoms with E-state index in [4.69, 9.17) is 0 Å². The third-order valence-electron chi connectivity index (χ3n) is 5.98. The van der Waals surface area contributed by atoms with Crippen molar-refractivity contribution >= 4 is 38.9 Å². The van der Waals surface area contributed by atoms with Crippen LogP contribution in [0.3, 0.4) is 0 Å². The van der Waals surface area contributed by atoms with E-state index in [1.165, 1.54) is 21.7 Å². The van der Waals surface area contributed by atoms with Crippen molar-refractivity contribution < 1.29 is 18.0 Å². The molecule has 0 radical (unpaired) electrons. The molecule has 1 atom stereocenters. The van der Waals surface area contributed by atoms with Gasteiger partial charge in [0.2, 0.25) is 21.8 Å². The Labute approximate surface area is 192 Å². The average molecular weight is 477 g/mol. The molecule has 2 aliphatic heterocycles. The smallest absolute Gasteiger partial charge is 0.247 e. The summed E-state index contributed by atoms with van der Waals surface area (Å²) < 4.78 is 27.5. The first-order valence-electron chi connectivity index (χ1n) is 10.8. The summed E-state index contributed by atoms with van der Waals surface area (Å²) in [5.74, 6) is -0.340. The molecule has 0 saturated carbocycles. The lowest BCUT2D eigenvalue weighted by Crippen LogP contribution is -2.47. The Morgan fingerprint density at radius 2 is 1.88 bits per heavy atom. The average Bonchev–Trinajstić information content (AvgIpc) is 3.46. The lowest BCUT2D eigenvalue weighted by molar-refractivity contribution is -0.136. The van der Waals surface area contributed by atoms with E-state index in [1.54, 1.807) is 23.1 Å². The van der Waals surface area contributed by atoms with Crippen LogP contribution in [0.15, 0.2) is 46.7 Å². The fourth-order valence-corrected chi connectivity index (χ4v) is 6.30. The Morgan fingerprint density at radius 1 is 1.09 bits per heavy atom. The molecular weight excluding hydrogens is 448 g/mol. The number of anilines is 1. The van der Waals surface area contributed by atoms with Gasteiger partial charge in [0.05, 0.1) is 11.3 Å². The second kappa shape index (κ2) is 9.70. The molecule has 0 spiro atoms. The number of likely N-dealkylation sites (tertiary alicyclic amines) is 1. The monoisotopic (exact) mass is 476 g/mol. The van der Waals surface area contributed by atoms with Crippen molar-refractivity contribution in [3.05, 3.63) is 46.7 Å². The molecule has 172 valence electrons. The van der Waals surface area contributed by atoms with Crippen LogP contribution >= 0.6 is 11.3 Å². The predicted molar refractivity (Wildman–Crippen MR) is 124 cm³/mol. The van der Waals surface area contributed by atoms with Crippen LogP contribution in [0.25, 0.3) is 0 Å². The number of thiophene rings is 1. The van der Waals surface area contributed by atoms with Crippen LogP contribution in [-0.2, 0) is 26.0 Å². The molecule has 2 aromatic rings. The van der Waals surface area contributed by atoms with E-state index in [9.17, 15) is 18.0 Å². The Morgan fingerprint density at radius 3 is 2.59 bits per heavy atom. The van der Waals surface area contributed by atoms with E-state index in [0.29, 0.717) is 51.3 Å². The Kier molecular flexibility index (Phi) is 6.94. The van der Waals surface area contributed by atoms with E-state index in [2.05, 4.69) is 10.2 Å². The number of hydrogen-bond acceptors (Lipinski definition) is 6. The summed E-state index contributed by atoms with van der Waals surface area (Å²) in [5.41, 5.74) is 0.419. The second-order valence-corrected chi connectivity index (χ2v) is 11.2. The number of nitrogens with zero attached hydrogens (tertiary/aromatic N) is 3. The molecule has 32 heavy (non-hydrogen) atoms. The van der Waals surface area contributed by atoms with Gasteiger partial charge in [-0.25, -0.2) is 8.42 Å². The van der Waals surface area contributed by atoms with Gasteiger partial charge in [0, 0.05) is 43.3 Å². The maximum Gasteiger partial charge on any atom is 0.247 e. The number of sulfonamides is 1. The molecule has 8 nitrogen and oxygen atoms in total. The normalized spacial score (nSPS) is 20.4. The number of rotatable bonds is 6. The topological polar surface area (TPSA) is 90.0 Å². The minimum absolute atomic E-state index is 0.0588. The molecule has 2 fully saturated rings.